The van der Waals surface area contributed by atoms with Crippen molar-refractivity contribution in [3.05, 3.63) is 47.2 Å². The van der Waals surface area contributed by atoms with Gasteiger partial charge >= 0.3 is 6.09 Å². The zero-order valence-corrected chi connectivity index (χ0v) is 22.3. The van der Waals surface area contributed by atoms with Crippen LogP contribution in [0.2, 0.25) is 0 Å². The third-order valence-electron chi connectivity index (χ3n) is 5.33. The van der Waals surface area contributed by atoms with Gasteiger partial charge in [0.05, 0.1) is 29.8 Å². The fraction of sp³-hybridized carbons (Fsp3) is 0.385. The van der Waals surface area contributed by atoms with Gasteiger partial charge in [-0.2, -0.15) is 5.10 Å². The van der Waals surface area contributed by atoms with Gasteiger partial charge in [0.2, 0.25) is 0 Å². The largest absolute Gasteiger partial charge is 0.490 e. The SMILES string of the molecule is Cc1cnn(C)c1-c1nnc(-c2ccc(F)cc2OCCOCCNC(=O)OC(C)(C)C)c2sccc12. The summed E-state index contributed by atoms with van der Waals surface area (Å²) < 4.78 is 33.4. The molecule has 0 spiro atoms. The quantitative estimate of drug-likeness (QED) is 0.301. The number of halogens is 1. The third-order valence-corrected chi connectivity index (χ3v) is 6.25. The number of rotatable bonds is 9. The minimum Gasteiger partial charge on any atom is -0.490 e. The molecule has 196 valence electrons. The molecule has 0 unspecified atom stereocenters. The number of ether oxygens (including phenoxy) is 3. The van der Waals surface area contributed by atoms with Crippen LogP contribution < -0.4 is 10.1 Å². The van der Waals surface area contributed by atoms with Crippen molar-refractivity contribution in [1.82, 2.24) is 25.3 Å². The Morgan fingerprint density at radius 3 is 2.65 bits per heavy atom. The summed E-state index contributed by atoms with van der Waals surface area (Å²) in [6.07, 6.45) is 1.30. The summed E-state index contributed by atoms with van der Waals surface area (Å²) in [5.74, 6) is -0.0670. The van der Waals surface area contributed by atoms with Gasteiger partial charge in [-0.15, -0.1) is 21.5 Å². The first-order valence-electron chi connectivity index (χ1n) is 11.8. The highest BCUT2D eigenvalue weighted by Crippen LogP contribution is 2.39. The van der Waals surface area contributed by atoms with E-state index in [9.17, 15) is 9.18 Å². The predicted molar refractivity (Wildman–Crippen MR) is 140 cm³/mol. The molecule has 0 aliphatic carbocycles. The molecular weight excluding hydrogens is 497 g/mol. The van der Waals surface area contributed by atoms with Crippen LogP contribution in [0.15, 0.2) is 35.8 Å². The Labute approximate surface area is 218 Å². The number of benzene rings is 1. The molecule has 4 rings (SSSR count). The maximum atomic E-state index is 14.1. The van der Waals surface area contributed by atoms with Crippen LogP contribution in [-0.4, -0.2) is 58.0 Å². The van der Waals surface area contributed by atoms with Gasteiger partial charge in [-0.05, 0) is 56.8 Å². The highest BCUT2D eigenvalue weighted by atomic mass is 32.1. The van der Waals surface area contributed by atoms with Crippen molar-refractivity contribution in [2.75, 3.05) is 26.4 Å². The molecule has 3 heterocycles. The summed E-state index contributed by atoms with van der Waals surface area (Å²) in [5.41, 5.74) is 3.35. The van der Waals surface area contributed by atoms with Crippen LogP contribution >= 0.6 is 11.3 Å². The average Bonchev–Trinajstić information content (AvgIpc) is 3.44. The number of hydrogen-bond acceptors (Lipinski definition) is 8. The van der Waals surface area contributed by atoms with Gasteiger partial charge in [0.15, 0.2) is 0 Å². The number of alkyl carbamates (subject to hydrolysis) is 1. The molecule has 1 N–H and O–H groups in total. The first-order chi connectivity index (χ1) is 17.6. The molecule has 11 heteroatoms. The molecule has 0 atom stereocenters. The number of nitrogens with zero attached hydrogens (tertiary/aromatic N) is 4. The summed E-state index contributed by atoms with van der Waals surface area (Å²) in [7, 11) is 1.87. The van der Waals surface area contributed by atoms with E-state index in [2.05, 4.69) is 20.6 Å². The zero-order valence-electron chi connectivity index (χ0n) is 21.5. The van der Waals surface area contributed by atoms with Crippen molar-refractivity contribution in [3.8, 4) is 28.4 Å². The number of carbonyl (C=O) groups is 1. The van der Waals surface area contributed by atoms with Crippen molar-refractivity contribution < 1.29 is 23.4 Å². The molecule has 0 saturated heterocycles. The van der Waals surface area contributed by atoms with Crippen molar-refractivity contribution in [2.45, 2.75) is 33.3 Å². The van der Waals surface area contributed by atoms with Gasteiger partial charge < -0.3 is 19.5 Å². The zero-order chi connectivity index (χ0) is 26.6. The first-order valence-corrected chi connectivity index (χ1v) is 12.7. The summed E-state index contributed by atoms with van der Waals surface area (Å²) in [6, 6.07) is 6.36. The number of aromatic nitrogens is 4. The first kappa shape index (κ1) is 26.5. The van der Waals surface area contributed by atoms with Gasteiger partial charge in [-0.25, -0.2) is 9.18 Å². The van der Waals surface area contributed by atoms with Crippen LogP contribution in [0.3, 0.4) is 0 Å². The summed E-state index contributed by atoms with van der Waals surface area (Å²) in [5, 5.41) is 18.9. The predicted octanol–water partition coefficient (Wildman–Crippen LogP) is 5.13. The normalized spacial score (nSPS) is 11.6. The van der Waals surface area contributed by atoms with Gasteiger partial charge in [0, 0.05) is 30.6 Å². The number of thiophene rings is 1. The second-order valence-corrected chi connectivity index (χ2v) is 10.3. The van der Waals surface area contributed by atoms with E-state index < -0.39 is 17.5 Å². The van der Waals surface area contributed by atoms with Gasteiger partial charge in [0.1, 0.15) is 35.2 Å². The maximum absolute atomic E-state index is 14.1. The fourth-order valence-corrected chi connectivity index (χ4v) is 4.67. The van der Waals surface area contributed by atoms with E-state index in [1.54, 1.807) is 37.7 Å². The average molecular weight is 528 g/mol. The minimum atomic E-state index is -0.557. The van der Waals surface area contributed by atoms with Crippen molar-refractivity contribution in [3.63, 3.8) is 0 Å². The van der Waals surface area contributed by atoms with Gasteiger partial charge in [0.25, 0.3) is 0 Å². The van der Waals surface area contributed by atoms with Crippen LogP contribution in [0, 0.1) is 12.7 Å². The Kier molecular flexibility index (Phi) is 8.03. The van der Waals surface area contributed by atoms with Crippen LogP contribution in [0.25, 0.3) is 32.7 Å². The van der Waals surface area contributed by atoms with E-state index in [0.29, 0.717) is 23.6 Å². The lowest BCUT2D eigenvalue weighted by atomic mass is 10.1. The van der Waals surface area contributed by atoms with Crippen LogP contribution in [0.1, 0.15) is 26.3 Å². The van der Waals surface area contributed by atoms with E-state index in [1.165, 1.54) is 23.5 Å². The molecule has 1 aromatic carbocycles. The molecule has 37 heavy (non-hydrogen) atoms. The van der Waals surface area contributed by atoms with Gasteiger partial charge in [-0.1, -0.05) is 0 Å². The van der Waals surface area contributed by atoms with Crippen LogP contribution in [0.5, 0.6) is 5.75 Å². The summed E-state index contributed by atoms with van der Waals surface area (Å²) in [4.78, 5) is 11.7. The summed E-state index contributed by atoms with van der Waals surface area (Å²) in [6.45, 7) is 8.41. The standard InChI is InChI=1S/C26H30FN5O4S/c1-16-15-29-32(5)23(16)21-19-8-13-37-24(19)22(31-30-21)18-7-6-17(27)14-20(18)35-12-11-34-10-9-28-25(33)36-26(2,3)4/h6-8,13-15H,9-12H2,1-5H3,(H,28,33). The number of amides is 1. The summed E-state index contributed by atoms with van der Waals surface area (Å²) >= 11 is 1.54. The lowest BCUT2D eigenvalue weighted by Crippen LogP contribution is -2.34. The van der Waals surface area contributed by atoms with E-state index in [1.807, 2.05) is 25.4 Å². The molecule has 0 fully saturated rings. The second-order valence-electron chi connectivity index (χ2n) is 9.39. The number of carbonyl (C=O) groups excluding carboxylic acids is 1. The van der Waals surface area contributed by atoms with E-state index in [-0.39, 0.29) is 19.8 Å². The molecule has 0 radical (unpaired) electrons. The fourth-order valence-electron chi connectivity index (χ4n) is 3.78. The van der Waals surface area contributed by atoms with E-state index in [4.69, 9.17) is 14.2 Å². The van der Waals surface area contributed by atoms with Gasteiger partial charge in [-0.3, -0.25) is 4.68 Å². The van der Waals surface area contributed by atoms with Crippen molar-refractivity contribution in [2.24, 2.45) is 7.05 Å². The Bertz CT molecular complexity index is 1380. The Morgan fingerprint density at radius 1 is 1.14 bits per heavy atom. The lowest BCUT2D eigenvalue weighted by molar-refractivity contribution is 0.0489. The topological polar surface area (TPSA) is 100 Å². The molecule has 0 saturated carbocycles. The molecule has 3 aromatic heterocycles. The Balaban J connectivity index is 1.44. The molecule has 0 aliphatic heterocycles. The Hall–Kier alpha value is -3.57. The lowest BCUT2D eigenvalue weighted by Gasteiger charge is -2.19. The molecule has 1 amide bonds. The molecule has 0 bridgehead atoms. The number of aryl methyl sites for hydroxylation is 2. The van der Waals surface area contributed by atoms with E-state index in [0.717, 1.165) is 27.0 Å². The van der Waals surface area contributed by atoms with E-state index >= 15 is 0 Å². The highest BCUT2D eigenvalue weighted by molar-refractivity contribution is 7.17. The highest BCUT2D eigenvalue weighted by Gasteiger charge is 2.20. The van der Waals surface area contributed by atoms with Crippen molar-refractivity contribution >= 4 is 27.5 Å². The van der Waals surface area contributed by atoms with Crippen LogP contribution in [0.4, 0.5) is 9.18 Å². The third kappa shape index (κ3) is 6.41. The van der Waals surface area contributed by atoms with Crippen molar-refractivity contribution in [1.29, 1.82) is 0 Å². The minimum absolute atomic E-state index is 0.191. The molecular formula is C26H30FN5O4S. The number of nitrogens with one attached hydrogen (secondary N) is 1. The smallest absolute Gasteiger partial charge is 0.407 e. The molecule has 0 aliphatic rings. The number of hydrogen-bond donors (Lipinski definition) is 1. The Morgan fingerprint density at radius 2 is 1.92 bits per heavy atom. The van der Waals surface area contributed by atoms with Crippen LogP contribution in [-0.2, 0) is 16.5 Å². The molecule has 9 nitrogen and oxygen atoms in total. The number of fused-ring (bicyclic) bond motifs is 1. The maximum Gasteiger partial charge on any atom is 0.407 e. The monoisotopic (exact) mass is 527 g/mol. The second kappa shape index (κ2) is 11.2. The molecule has 4 aromatic rings.